The van der Waals surface area contributed by atoms with Crippen molar-refractivity contribution in [1.82, 2.24) is 9.78 Å². The lowest BCUT2D eigenvalue weighted by molar-refractivity contribution is 0.0634. The van der Waals surface area contributed by atoms with Crippen LogP contribution in [0.2, 0.25) is 0 Å². The van der Waals surface area contributed by atoms with Gasteiger partial charge in [-0.05, 0) is 32.1 Å². The van der Waals surface area contributed by atoms with Crippen molar-refractivity contribution in [3.8, 4) is 6.07 Å². The molecule has 4 nitrogen and oxygen atoms in total. The van der Waals surface area contributed by atoms with E-state index >= 15 is 0 Å². The summed E-state index contributed by atoms with van der Waals surface area (Å²) in [4.78, 5) is 0. The molecule has 0 aromatic carbocycles. The van der Waals surface area contributed by atoms with E-state index in [0.717, 1.165) is 36.9 Å². The van der Waals surface area contributed by atoms with Crippen LogP contribution in [0.5, 0.6) is 0 Å². The highest BCUT2D eigenvalue weighted by molar-refractivity contribution is 5.25. The summed E-state index contributed by atoms with van der Waals surface area (Å²) < 4.78 is 1.75. The highest BCUT2D eigenvalue weighted by Crippen LogP contribution is 2.50. The molecule has 98 valence electrons. The normalized spacial score (nSPS) is 29.2. The first-order valence-corrected chi connectivity index (χ1v) is 6.62. The first kappa shape index (κ1) is 13.1. The fourth-order valence-corrected chi connectivity index (χ4v) is 3.02. The van der Waals surface area contributed by atoms with Crippen LogP contribution in [0, 0.1) is 29.6 Å². The SMILES string of the molecule is CCC1CCC(C#N)(C(O)c2cnn(C)c2C)C1. The molecule has 1 aliphatic rings. The van der Waals surface area contributed by atoms with Crippen LogP contribution in [-0.2, 0) is 7.05 Å². The van der Waals surface area contributed by atoms with Gasteiger partial charge in [0.1, 0.15) is 6.10 Å². The van der Waals surface area contributed by atoms with Crippen molar-refractivity contribution in [3.05, 3.63) is 17.5 Å². The third kappa shape index (κ3) is 1.93. The Morgan fingerprint density at radius 2 is 2.44 bits per heavy atom. The molecule has 2 rings (SSSR count). The van der Waals surface area contributed by atoms with Crippen molar-refractivity contribution in [1.29, 1.82) is 5.26 Å². The smallest absolute Gasteiger partial charge is 0.101 e. The van der Waals surface area contributed by atoms with Crippen molar-refractivity contribution in [2.24, 2.45) is 18.4 Å². The highest BCUT2D eigenvalue weighted by Gasteiger charge is 2.46. The Balaban J connectivity index is 2.30. The molecule has 3 unspecified atom stereocenters. The maximum atomic E-state index is 10.6. The highest BCUT2D eigenvalue weighted by atomic mass is 16.3. The number of rotatable bonds is 3. The van der Waals surface area contributed by atoms with Crippen LogP contribution in [0.15, 0.2) is 6.20 Å². The van der Waals surface area contributed by atoms with Crippen LogP contribution < -0.4 is 0 Å². The monoisotopic (exact) mass is 247 g/mol. The minimum atomic E-state index is -0.715. The van der Waals surface area contributed by atoms with E-state index in [0.29, 0.717) is 5.92 Å². The van der Waals surface area contributed by atoms with E-state index in [9.17, 15) is 10.4 Å². The average molecular weight is 247 g/mol. The number of hydrogen-bond donors (Lipinski definition) is 1. The minimum absolute atomic E-state index is 0.566. The van der Waals surface area contributed by atoms with Crippen LogP contribution in [-0.4, -0.2) is 14.9 Å². The van der Waals surface area contributed by atoms with Crippen LogP contribution in [0.1, 0.15) is 50.0 Å². The van der Waals surface area contributed by atoms with Crippen molar-refractivity contribution in [3.63, 3.8) is 0 Å². The zero-order chi connectivity index (χ0) is 13.3. The molecule has 1 aromatic rings. The molecule has 4 heteroatoms. The maximum absolute atomic E-state index is 10.6. The molecule has 0 radical (unpaired) electrons. The molecule has 0 spiro atoms. The molecule has 3 atom stereocenters. The molecular weight excluding hydrogens is 226 g/mol. The summed E-state index contributed by atoms with van der Waals surface area (Å²) >= 11 is 0. The second-order valence-electron chi connectivity index (χ2n) is 5.50. The van der Waals surface area contributed by atoms with E-state index in [2.05, 4.69) is 18.1 Å². The molecule has 0 bridgehead atoms. The van der Waals surface area contributed by atoms with E-state index in [-0.39, 0.29) is 0 Å². The van der Waals surface area contributed by atoms with Gasteiger partial charge in [-0.3, -0.25) is 4.68 Å². The topological polar surface area (TPSA) is 61.8 Å². The zero-order valence-corrected chi connectivity index (χ0v) is 11.3. The number of hydrogen-bond acceptors (Lipinski definition) is 3. The molecule has 1 N–H and O–H groups in total. The lowest BCUT2D eigenvalue weighted by Gasteiger charge is -2.27. The summed E-state index contributed by atoms with van der Waals surface area (Å²) in [5.74, 6) is 0.566. The summed E-state index contributed by atoms with van der Waals surface area (Å²) in [5, 5.41) is 24.3. The van der Waals surface area contributed by atoms with Gasteiger partial charge in [0.25, 0.3) is 0 Å². The number of aliphatic hydroxyl groups excluding tert-OH is 1. The van der Waals surface area contributed by atoms with Crippen molar-refractivity contribution in [2.75, 3.05) is 0 Å². The fourth-order valence-electron chi connectivity index (χ4n) is 3.02. The third-order valence-electron chi connectivity index (χ3n) is 4.54. The summed E-state index contributed by atoms with van der Waals surface area (Å²) in [5.41, 5.74) is 1.13. The van der Waals surface area contributed by atoms with E-state index in [4.69, 9.17) is 0 Å². The van der Waals surface area contributed by atoms with Crippen molar-refractivity contribution < 1.29 is 5.11 Å². The molecule has 1 aromatic heterocycles. The van der Waals surface area contributed by atoms with Crippen LogP contribution in [0.4, 0.5) is 0 Å². The molecule has 1 heterocycles. The van der Waals surface area contributed by atoms with Gasteiger partial charge in [-0.1, -0.05) is 13.3 Å². The molecule has 1 saturated carbocycles. The predicted octanol–water partition coefficient (Wildman–Crippen LogP) is 2.48. The zero-order valence-electron chi connectivity index (χ0n) is 11.3. The van der Waals surface area contributed by atoms with Gasteiger partial charge in [-0.2, -0.15) is 10.4 Å². The van der Waals surface area contributed by atoms with Gasteiger partial charge >= 0.3 is 0 Å². The average Bonchev–Trinajstić information content (AvgIpc) is 2.95. The largest absolute Gasteiger partial charge is 0.387 e. The second kappa shape index (κ2) is 4.74. The number of aryl methyl sites for hydroxylation is 1. The van der Waals surface area contributed by atoms with Gasteiger partial charge in [-0.25, -0.2) is 0 Å². The summed E-state index contributed by atoms with van der Waals surface area (Å²) in [6.07, 6.45) is 4.70. The Hall–Kier alpha value is -1.34. The number of nitriles is 1. The third-order valence-corrected chi connectivity index (χ3v) is 4.54. The molecule has 0 amide bonds. The van der Waals surface area contributed by atoms with Crippen LogP contribution >= 0.6 is 0 Å². The Morgan fingerprint density at radius 1 is 1.72 bits per heavy atom. The first-order chi connectivity index (χ1) is 8.54. The van der Waals surface area contributed by atoms with Crippen LogP contribution in [0.25, 0.3) is 0 Å². The van der Waals surface area contributed by atoms with Crippen molar-refractivity contribution in [2.45, 2.75) is 45.6 Å². The summed E-state index contributed by atoms with van der Waals surface area (Å²) in [6, 6.07) is 2.39. The molecule has 0 aliphatic heterocycles. The second-order valence-corrected chi connectivity index (χ2v) is 5.50. The lowest BCUT2D eigenvalue weighted by Crippen LogP contribution is -2.25. The molecule has 1 aliphatic carbocycles. The molecule has 1 fully saturated rings. The molecular formula is C14H21N3O. The Morgan fingerprint density at radius 3 is 2.89 bits per heavy atom. The quantitative estimate of drug-likeness (QED) is 0.892. The lowest BCUT2D eigenvalue weighted by atomic mass is 9.78. The minimum Gasteiger partial charge on any atom is -0.387 e. The predicted molar refractivity (Wildman–Crippen MR) is 68.6 cm³/mol. The van der Waals surface area contributed by atoms with Crippen LogP contribution in [0.3, 0.4) is 0 Å². The van der Waals surface area contributed by atoms with Gasteiger partial charge < -0.3 is 5.11 Å². The Labute approximate surface area is 108 Å². The van der Waals surface area contributed by atoms with Gasteiger partial charge in [0.05, 0.1) is 17.7 Å². The summed E-state index contributed by atoms with van der Waals surface area (Å²) in [6.45, 7) is 4.09. The molecule has 18 heavy (non-hydrogen) atoms. The van der Waals surface area contributed by atoms with Gasteiger partial charge in [0, 0.05) is 18.3 Å². The van der Waals surface area contributed by atoms with Gasteiger partial charge in [-0.15, -0.1) is 0 Å². The Bertz CT molecular complexity index is 474. The number of aliphatic hydroxyl groups is 1. The van der Waals surface area contributed by atoms with E-state index < -0.39 is 11.5 Å². The van der Waals surface area contributed by atoms with E-state index in [1.807, 2.05) is 14.0 Å². The Kier molecular flexibility index (Phi) is 3.45. The summed E-state index contributed by atoms with van der Waals surface area (Å²) in [7, 11) is 1.86. The van der Waals surface area contributed by atoms with Gasteiger partial charge in [0.2, 0.25) is 0 Å². The fraction of sp³-hybridized carbons (Fsp3) is 0.714. The van der Waals surface area contributed by atoms with E-state index in [1.165, 1.54) is 0 Å². The number of nitrogens with zero attached hydrogens (tertiary/aromatic N) is 3. The maximum Gasteiger partial charge on any atom is 0.101 e. The standard InChI is InChI=1S/C14H21N3O/c1-4-11-5-6-14(7-11,9-15)13(18)12-8-16-17(3)10(12)2/h8,11,13,18H,4-7H2,1-3H3. The van der Waals surface area contributed by atoms with Crippen molar-refractivity contribution >= 4 is 0 Å². The van der Waals surface area contributed by atoms with E-state index in [1.54, 1.807) is 10.9 Å². The number of aromatic nitrogens is 2. The molecule has 0 saturated heterocycles. The van der Waals surface area contributed by atoms with Gasteiger partial charge in [0.15, 0.2) is 0 Å². The first-order valence-electron chi connectivity index (χ1n) is 6.62.